The van der Waals surface area contributed by atoms with Crippen LogP contribution in [0.1, 0.15) is 5.56 Å². The molecule has 0 aliphatic heterocycles. The predicted molar refractivity (Wildman–Crippen MR) is 87.5 cm³/mol. The van der Waals surface area contributed by atoms with Gasteiger partial charge in [0.05, 0.1) is 17.2 Å². The summed E-state index contributed by atoms with van der Waals surface area (Å²) in [5, 5.41) is 0.699. The van der Waals surface area contributed by atoms with E-state index in [1.807, 2.05) is 48.3 Å². The molecule has 21 heavy (non-hydrogen) atoms. The predicted octanol–water partition coefficient (Wildman–Crippen LogP) is 3.50. The number of aromatic nitrogens is 2. The van der Waals surface area contributed by atoms with Gasteiger partial charge in [-0.3, -0.25) is 4.98 Å². The van der Waals surface area contributed by atoms with E-state index in [2.05, 4.69) is 9.97 Å². The first kappa shape index (κ1) is 13.6. The fourth-order valence-electron chi connectivity index (χ4n) is 2.18. The standard InChI is InChI=1S/C16H15ClN4/c1-21(10-11-8-12(18)6-7-13(11)17)16-9-19-14-4-2-3-5-15(14)20-16/h2-9H,10,18H2,1H3. The third-order valence-electron chi connectivity index (χ3n) is 3.30. The summed E-state index contributed by atoms with van der Waals surface area (Å²) in [4.78, 5) is 11.0. The molecule has 1 heterocycles. The van der Waals surface area contributed by atoms with Crippen LogP contribution in [0.3, 0.4) is 0 Å². The van der Waals surface area contributed by atoms with E-state index in [-0.39, 0.29) is 0 Å². The lowest BCUT2D eigenvalue weighted by atomic mass is 10.2. The van der Waals surface area contributed by atoms with Gasteiger partial charge in [-0.1, -0.05) is 23.7 Å². The van der Waals surface area contributed by atoms with Gasteiger partial charge in [-0.2, -0.15) is 0 Å². The molecule has 0 saturated carbocycles. The molecule has 0 unspecified atom stereocenters. The van der Waals surface area contributed by atoms with E-state index in [0.717, 1.165) is 22.4 Å². The smallest absolute Gasteiger partial charge is 0.147 e. The molecule has 0 radical (unpaired) electrons. The molecule has 2 aromatic carbocycles. The Morgan fingerprint density at radius 3 is 2.71 bits per heavy atom. The SMILES string of the molecule is CN(Cc1cc(N)ccc1Cl)c1cnc2ccccc2n1. The minimum absolute atomic E-state index is 0.622. The highest BCUT2D eigenvalue weighted by atomic mass is 35.5. The summed E-state index contributed by atoms with van der Waals surface area (Å²) in [6.07, 6.45) is 1.77. The monoisotopic (exact) mass is 298 g/mol. The van der Waals surface area contributed by atoms with Gasteiger partial charge in [0, 0.05) is 24.3 Å². The van der Waals surface area contributed by atoms with Gasteiger partial charge >= 0.3 is 0 Å². The fraction of sp³-hybridized carbons (Fsp3) is 0.125. The normalized spacial score (nSPS) is 10.8. The number of rotatable bonds is 3. The number of hydrogen-bond donors (Lipinski definition) is 1. The lowest BCUT2D eigenvalue weighted by molar-refractivity contribution is 0.898. The Bertz CT molecular complexity index is 788. The number of halogens is 1. The number of para-hydroxylation sites is 2. The Labute approximate surface area is 128 Å². The average molecular weight is 299 g/mol. The fourth-order valence-corrected chi connectivity index (χ4v) is 2.36. The first-order chi connectivity index (χ1) is 10.1. The highest BCUT2D eigenvalue weighted by molar-refractivity contribution is 6.31. The van der Waals surface area contributed by atoms with Crippen molar-refractivity contribution in [3.05, 3.63) is 59.2 Å². The summed E-state index contributed by atoms with van der Waals surface area (Å²) < 4.78 is 0. The first-order valence-electron chi connectivity index (χ1n) is 6.60. The van der Waals surface area contributed by atoms with Gasteiger partial charge in [-0.05, 0) is 35.9 Å². The van der Waals surface area contributed by atoms with Crippen molar-refractivity contribution in [1.29, 1.82) is 0 Å². The molecule has 1 aromatic heterocycles. The van der Waals surface area contributed by atoms with Crippen molar-refractivity contribution in [2.24, 2.45) is 0 Å². The van der Waals surface area contributed by atoms with Gasteiger partial charge in [-0.15, -0.1) is 0 Å². The van der Waals surface area contributed by atoms with Crippen LogP contribution in [0.4, 0.5) is 11.5 Å². The van der Waals surface area contributed by atoms with E-state index in [9.17, 15) is 0 Å². The number of nitrogens with zero attached hydrogens (tertiary/aromatic N) is 3. The van der Waals surface area contributed by atoms with Gasteiger partial charge in [0.1, 0.15) is 5.82 Å². The van der Waals surface area contributed by atoms with Crippen LogP contribution in [-0.2, 0) is 6.54 Å². The van der Waals surface area contributed by atoms with E-state index in [0.29, 0.717) is 17.3 Å². The van der Waals surface area contributed by atoms with Crippen molar-refractivity contribution >= 4 is 34.1 Å². The number of fused-ring (bicyclic) bond motifs is 1. The van der Waals surface area contributed by atoms with Crippen molar-refractivity contribution in [3.63, 3.8) is 0 Å². The molecular weight excluding hydrogens is 284 g/mol. The maximum absolute atomic E-state index is 6.20. The van der Waals surface area contributed by atoms with Crippen LogP contribution in [0.5, 0.6) is 0 Å². The summed E-state index contributed by atoms with van der Waals surface area (Å²) >= 11 is 6.20. The molecule has 106 valence electrons. The van der Waals surface area contributed by atoms with Gasteiger partial charge < -0.3 is 10.6 Å². The van der Waals surface area contributed by atoms with Crippen molar-refractivity contribution in [2.45, 2.75) is 6.54 Å². The zero-order chi connectivity index (χ0) is 14.8. The Morgan fingerprint density at radius 1 is 1.14 bits per heavy atom. The van der Waals surface area contributed by atoms with Gasteiger partial charge in [0.25, 0.3) is 0 Å². The molecule has 0 aliphatic carbocycles. The second-order valence-corrected chi connectivity index (χ2v) is 5.33. The quantitative estimate of drug-likeness (QED) is 0.752. The molecular formula is C16H15ClN4. The zero-order valence-electron chi connectivity index (χ0n) is 11.6. The van der Waals surface area contributed by atoms with Gasteiger partial charge in [-0.25, -0.2) is 4.98 Å². The molecule has 4 nitrogen and oxygen atoms in total. The van der Waals surface area contributed by atoms with Crippen LogP contribution < -0.4 is 10.6 Å². The summed E-state index contributed by atoms with van der Waals surface area (Å²) in [6, 6.07) is 13.3. The summed E-state index contributed by atoms with van der Waals surface area (Å²) in [6.45, 7) is 0.622. The number of anilines is 2. The minimum atomic E-state index is 0.622. The largest absolute Gasteiger partial charge is 0.399 e. The number of hydrogen-bond acceptors (Lipinski definition) is 4. The molecule has 0 aliphatic rings. The van der Waals surface area contributed by atoms with Crippen LogP contribution >= 0.6 is 11.6 Å². The second kappa shape index (κ2) is 5.58. The van der Waals surface area contributed by atoms with Crippen LogP contribution in [0, 0.1) is 0 Å². The average Bonchev–Trinajstić information content (AvgIpc) is 2.50. The van der Waals surface area contributed by atoms with Crippen molar-refractivity contribution < 1.29 is 0 Å². The van der Waals surface area contributed by atoms with Crippen LogP contribution in [-0.4, -0.2) is 17.0 Å². The number of benzene rings is 2. The Hall–Kier alpha value is -2.33. The molecule has 0 amide bonds. The Balaban J connectivity index is 1.89. The molecule has 5 heteroatoms. The van der Waals surface area contributed by atoms with Crippen molar-refractivity contribution in [2.75, 3.05) is 17.7 Å². The molecule has 2 N–H and O–H groups in total. The molecule has 3 aromatic rings. The number of nitrogens with two attached hydrogens (primary N) is 1. The van der Waals surface area contributed by atoms with E-state index in [1.54, 1.807) is 12.3 Å². The Kier molecular flexibility index (Phi) is 3.62. The maximum Gasteiger partial charge on any atom is 0.147 e. The lowest BCUT2D eigenvalue weighted by Gasteiger charge is -2.19. The summed E-state index contributed by atoms with van der Waals surface area (Å²) in [7, 11) is 1.96. The van der Waals surface area contributed by atoms with Crippen LogP contribution in [0.25, 0.3) is 11.0 Å². The molecule has 3 rings (SSSR count). The van der Waals surface area contributed by atoms with Gasteiger partial charge in [0.15, 0.2) is 0 Å². The van der Waals surface area contributed by atoms with E-state index in [1.165, 1.54) is 0 Å². The summed E-state index contributed by atoms with van der Waals surface area (Å²) in [5.41, 5.74) is 9.24. The van der Waals surface area contributed by atoms with E-state index >= 15 is 0 Å². The molecule has 0 atom stereocenters. The molecule has 0 saturated heterocycles. The molecule has 0 spiro atoms. The lowest BCUT2D eigenvalue weighted by Crippen LogP contribution is -2.18. The third-order valence-corrected chi connectivity index (χ3v) is 3.67. The van der Waals surface area contributed by atoms with Crippen molar-refractivity contribution in [3.8, 4) is 0 Å². The van der Waals surface area contributed by atoms with Gasteiger partial charge in [0.2, 0.25) is 0 Å². The van der Waals surface area contributed by atoms with Crippen LogP contribution in [0.2, 0.25) is 5.02 Å². The highest BCUT2D eigenvalue weighted by Crippen LogP contribution is 2.22. The number of nitrogen functional groups attached to an aromatic ring is 1. The zero-order valence-corrected chi connectivity index (χ0v) is 12.4. The molecule has 0 fully saturated rings. The minimum Gasteiger partial charge on any atom is -0.399 e. The van der Waals surface area contributed by atoms with Crippen molar-refractivity contribution in [1.82, 2.24) is 9.97 Å². The summed E-state index contributed by atoms with van der Waals surface area (Å²) in [5.74, 6) is 0.798. The van der Waals surface area contributed by atoms with E-state index in [4.69, 9.17) is 17.3 Å². The second-order valence-electron chi connectivity index (χ2n) is 4.92. The van der Waals surface area contributed by atoms with E-state index < -0.39 is 0 Å². The Morgan fingerprint density at radius 2 is 1.90 bits per heavy atom. The first-order valence-corrected chi connectivity index (χ1v) is 6.98. The third kappa shape index (κ3) is 2.90. The topological polar surface area (TPSA) is 55.0 Å². The molecule has 0 bridgehead atoms. The highest BCUT2D eigenvalue weighted by Gasteiger charge is 2.08. The maximum atomic E-state index is 6.20. The van der Waals surface area contributed by atoms with Crippen LogP contribution in [0.15, 0.2) is 48.7 Å².